The molecule has 0 saturated carbocycles. The van der Waals surface area contributed by atoms with Crippen LogP contribution in [-0.2, 0) is 0 Å². The van der Waals surface area contributed by atoms with E-state index in [0.717, 1.165) is 34.5 Å². The molecular formula is C15H19ClN4. The van der Waals surface area contributed by atoms with Crippen LogP contribution >= 0.6 is 12.4 Å². The van der Waals surface area contributed by atoms with Crippen LogP contribution in [0.2, 0.25) is 0 Å². The standard InChI is InChI=1S/C15H18N4.ClH/c1-2-3-4-9-14-17-13-10-16-12-8-6-5-7-11(12)15(13)19-18-14;/h5-8,10,19H,2-4,9H2,1H3,(H,17,18);1H. The van der Waals surface area contributed by atoms with E-state index in [4.69, 9.17) is 0 Å². The van der Waals surface area contributed by atoms with Crippen molar-refractivity contribution in [3.05, 3.63) is 30.5 Å². The van der Waals surface area contributed by atoms with E-state index in [1.165, 1.54) is 19.3 Å². The number of unbranched alkanes of at least 4 members (excludes halogenated alkanes) is 2. The van der Waals surface area contributed by atoms with Crippen LogP contribution in [0.25, 0.3) is 10.9 Å². The van der Waals surface area contributed by atoms with E-state index in [9.17, 15) is 0 Å². The van der Waals surface area contributed by atoms with Gasteiger partial charge in [-0.1, -0.05) is 38.0 Å². The second kappa shape index (κ2) is 6.57. The molecule has 0 fully saturated rings. The summed E-state index contributed by atoms with van der Waals surface area (Å²) in [5.41, 5.74) is 9.39. The number of fused-ring (bicyclic) bond motifs is 3. The van der Waals surface area contributed by atoms with Crippen molar-refractivity contribution in [3.8, 4) is 0 Å². The number of nitrogens with zero attached hydrogens (tertiary/aromatic N) is 2. The average molecular weight is 291 g/mol. The largest absolute Gasteiger partial charge is 0.297 e. The molecular weight excluding hydrogens is 272 g/mol. The number of benzene rings is 1. The molecule has 0 saturated heterocycles. The number of anilines is 1. The Labute approximate surface area is 125 Å². The van der Waals surface area contributed by atoms with Crippen molar-refractivity contribution in [3.63, 3.8) is 0 Å². The third-order valence-electron chi connectivity index (χ3n) is 3.36. The first-order chi connectivity index (χ1) is 9.38. The predicted molar refractivity (Wildman–Crippen MR) is 87.0 cm³/mol. The molecule has 20 heavy (non-hydrogen) atoms. The number of aromatic nitrogens is 1. The molecule has 5 heteroatoms. The summed E-state index contributed by atoms with van der Waals surface area (Å²) in [6, 6.07) is 8.09. The van der Waals surface area contributed by atoms with Gasteiger partial charge in [0, 0.05) is 11.8 Å². The Balaban J connectivity index is 0.00000147. The molecule has 2 heterocycles. The van der Waals surface area contributed by atoms with Crippen LogP contribution in [0, 0.1) is 0 Å². The van der Waals surface area contributed by atoms with Crippen molar-refractivity contribution < 1.29 is 0 Å². The minimum Gasteiger partial charge on any atom is -0.297 e. The SMILES string of the molecule is CCCCCC1=Nc2cnc3ccccc3c2NN1.Cl. The molecule has 2 N–H and O–H groups in total. The van der Waals surface area contributed by atoms with E-state index in [2.05, 4.69) is 33.8 Å². The Hall–Kier alpha value is -1.81. The quantitative estimate of drug-likeness (QED) is 0.830. The summed E-state index contributed by atoms with van der Waals surface area (Å²) in [5.74, 6) is 0.998. The molecule has 0 unspecified atom stereocenters. The molecule has 0 atom stereocenters. The highest BCUT2D eigenvalue weighted by atomic mass is 35.5. The molecule has 106 valence electrons. The lowest BCUT2D eigenvalue weighted by atomic mass is 10.1. The normalized spacial score (nSPS) is 12.8. The summed E-state index contributed by atoms with van der Waals surface area (Å²) in [5, 5.41) is 1.10. The maximum absolute atomic E-state index is 4.65. The summed E-state index contributed by atoms with van der Waals surface area (Å²) >= 11 is 0. The van der Waals surface area contributed by atoms with Gasteiger partial charge in [0.1, 0.15) is 11.5 Å². The van der Waals surface area contributed by atoms with Crippen LogP contribution in [0.15, 0.2) is 35.5 Å². The number of hydrogen-bond acceptors (Lipinski definition) is 4. The zero-order chi connectivity index (χ0) is 13.1. The lowest BCUT2D eigenvalue weighted by Gasteiger charge is -2.20. The monoisotopic (exact) mass is 290 g/mol. The summed E-state index contributed by atoms with van der Waals surface area (Å²) in [7, 11) is 0. The van der Waals surface area contributed by atoms with Crippen molar-refractivity contribution >= 4 is 40.5 Å². The van der Waals surface area contributed by atoms with Crippen molar-refractivity contribution in [2.75, 3.05) is 5.43 Å². The lowest BCUT2D eigenvalue weighted by Crippen LogP contribution is -2.32. The van der Waals surface area contributed by atoms with Crippen LogP contribution in [0.1, 0.15) is 32.6 Å². The second-order valence-electron chi connectivity index (χ2n) is 4.80. The molecule has 3 rings (SSSR count). The number of rotatable bonds is 4. The highest BCUT2D eigenvalue weighted by Gasteiger charge is 2.13. The van der Waals surface area contributed by atoms with Gasteiger partial charge < -0.3 is 0 Å². The number of halogens is 1. The van der Waals surface area contributed by atoms with Gasteiger partial charge in [-0.3, -0.25) is 15.8 Å². The minimum atomic E-state index is 0. The fourth-order valence-electron chi connectivity index (χ4n) is 2.32. The summed E-state index contributed by atoms with van der Waals surface area (Å²) in [6.45, 7) is 2.21. The Morgan fingerprint density at radius 3 is 2.80 bits per heavy atom. The number of pyridine rings is 1. The first kappa shape index (κ1) is 14.6. The molecule has 4 nitrogen and oxygen atoms in total. The molecule has 1 aromatic heterocycles. The van der Waals surface area contributed by atoms with Gasteiger partial charge >= 0.3 is 0 Å². The Morgan fingerprint density at radius 2 is 1.95 bits per heavy atom. The zero-order valence-electron chi connectivity index (χ0n) is 11.5. The maximum Gasteiger partial charge on any atom is 0.121 e. The van der Waals surface area contributed by atoms with E-state index in [-0.39, 0.29) is 12.4 Å². The lowest BCUT2D eigenvalue weighted by molar-refractivity contribution is 0.733. The Kier molecular flexibility index (Phi) is 4.79. The molecule has 0 radical (unpaired) electrons. The third-order valence-corrected chi connectivity index (χ3v) is 3.36. The van der Waals surface area contributed by atoms with Gasteiger partial charge in [-0.15, -0.1) is 12.4 Å². The molecule has 0 aliphatic carbocycles. The highest BCUT2D eigenvalue weighted by Crippen LogP contribution is 2.33. The molecule has 1 aliphatic rings. The van der Waals surface area contributed by atoms with Crippen LogP contribution in [0.4, 0.5) is 11.4 Å². The van der Waals surface area contributed by atoms with Crippen molar-refractivity contribution in [1.29, 1.82) is 0 Å². The van der Waals surface area contributed by atoms with Crippen molar-refractivity contribution in [2.24, 2.45) is 4.99 Å². The topological polar surface area (TPSA) is 49.3 Å². The molecule has 0 amide bonds. The summed E-state index contributed by atoms with van der Waals surface area (Å²) in [4.78, 5) is 9.10. The summed E-state index contributed by atoms with van der Waals surface area (Å²) in [6.07, 6.45) is 6.45. The van der Waals surface area contributed by atoms with Crippen LogP contribution in [-0.4, -0.2) is 10.8 Å². The molecule has 1 aliphatic heterocycles. The van der Waals surface area contributed by atoms with Crippen LogP contribution in [0.3, 0.4) is 0 Å². The number of hydrazine groups is 1. The van der Waals surface area contributed by atoms with Gasteiger partial charge in [-0.05, 0) is 12.5 Å². The third kappa shape index (κ3) is 2.85. The fraction of sp³-hybridized carbons (Fsp3) is 0.333. The first-order valence-corrected chi connectivity index (χ1v) is 6.86. The number of hydrogen-bond donors (Lipinski definition) is 2. The number of nitrogens with one attached hydrogen (secondary N) is 2. The van der Waals surface area contributed by atoms with Gasteiger partial charge in [0.25, 0.3) is 0 Å². The molecule has 2 aromatic rings. The van der Waals surface area contributed by atoms with Gasteiger partial charge in [-0.25, -0.2) is 4.99 Å². The molecule has 0 bridgehead atoms. The highest BCUT2D eigenvalue weighted by molar-refractivity contribution is 6.01. The maximum atomic E-state index is 4.65. The van der Waals surface area contributed by atoms with E-state index < -0.39 is 0 Å². The van der Waals surface area contributed by atoms with E-state index in [1.807, 2.05) is 24.4 Å². The zero-order valence-corrected chi connectivity index (χ0v) is 12.3. The number of para-hydroxylation sites is 1. The van der Waals surface area contributed by atoms with Crippen LogP contribution in [0.5, 0.6) is 0 Å². The molecule has 0 spiro atoms. The van der Waals surface area contributed by atoms with E-state index >= 15 is 0 Å². The second-order valence-corrected chi connectivity index (χ2v) is 4.80. The number of amidine groups is 1. The number of aliphatic imine (C=N–C) groups is 1. The van der Waals surface area contributed by atoms with Gasteiger partial charge in [-0.2, -0.15) is 0 Å². The van der Waals surface area contributed by atoms with Gasteiger partial charge in [0.15, 0.2) is 0 Å². The fourth-order valence-corrected chi connectivity index (χ4v) is 2.32. The average Bonchev–Trinajstić information content (AvgIpc) is 2.47. The van der Waals surface area contributed by atoms with E-state index in [0.29, 0.717) is 0 Å². The smallest absolute Gasteiger partial charge is 0.121 e. The predicted octanol–water partition coefficient (Wildman–Crippen LogP) is 4.20. The Bertz CT molecular complexity index is 624. The summed E-state index contributed by atoms with van der Waals surface area (Å²) < 4.78 is 0. The minimum absolute atomic E-state index is 0. The van der Waals surface area contributed by atoms with Crippen molar-refractivity contribution in [2.45, 2.75) is 32.6 Å². The van der Waals surface area contributed by atoms with E-state index in [1.54, 1.807) is 0 Å². The van der Waals surface area contributed by atoms with Crippen LogP contribution < -0.4 is 10.9 Å². The van der Waals surface area contributed by atoms with Gasteiger partial charge in [0.2, 0.25) is 0 Å². The molecule has 1 aromatic carbocycles. The van der Waals surface area contributed by atoms with Crippen molar-refractivity contribution in [1.82, 2.24) is 10.4 Å². The van der Waals surface area contributed by atoms with Gasteiger partial charge in [0.05, 0.1) is 17.4 Å². The first-order valence-electron chi connectivity index (χ1n) is 6.86. The Morgan fingerprint density at radius 1 is 1.10 bits per heavy atom.